The van der Waals surface area contributed by atoms with Crippen molar-refractivity contribution in [2.75, 3.05) is 24.6 Å². The fraction of sp³-hybridized carbons (Fsp3) is 0.389. The van der Waals surface area contributed by atoms with Crippen LogP contribution in [0.2, 0.25) is 0 Å². The fourth-order valence-electron chi connectivity index (χ4n) is 2.97. The van der Waals surface area contributed by atoms with Gasteiger partial charge in [-0.1, -0.05) is 12.1 Å². The van der Waals surface area contributed by atoms with Crippen LogP contribution in [0.5, 0.6) is 5.75 Å². The van der Waals surface area contributed by atoms with Crippen LogP contribution >= 0.6 is 0 Å². The number of nitrogens with zero attached hydrogens (tertiary/aromatic N) is 2. The van der Waals surface area contributed by atoms with E-state index in [1.807, 2.05) is 37.3 Å². The van der Waals surface area contributed by atoms with E-state index in [1.165, 1.54) is 19.3 Å². The third kappa shape index (κ3) is 2.94. The summed E-state index contributed by atoms with van der Waals surface area (Å²) in [5, 5.41) is 9.43. The molecule has 0 bridgehead atoms. The van der Waals surface area contributed by atoms with Crippen LogP contribution in [-0.4, -0.2) is 24.7 Å². The molecule has 1 aromatic carbocycles. The first-order valence-electron chi connectivity index (χ1n) is 7.93. The summed E-state index contributed by atoms with van der Waals surface area (Å²) in [7, 11) is 0. The predicted octanol–water partition coefficient (Wildman–Crippen LogP) is 3.94. The molecule has 0 atom stereocenters. The average molecular weight is 295 g/mol. The molecule has 1 aliphatic heterocycles. The molecular weight excluding hydrogens is 274 g/mol. The second-order valence-corrected chi connectivity index (χ2v) is 5.57. The van der Waals surface area contributed by atoms with Gasteiger partial charge in [0.1, 0.15) is 17.6 Å². The summed E-state index contributed by atoms with van der Waals surface area (Å²) >= 11 is 0. The number of aromatic amines is 1. The first-order valence-corrected chi connectivity index (χ1v) is 7.93. The zero-order chi connectivity index (χ0) is 15.4. The molecule has 0 saturated carbocycles. The number of aromatic nitrogens is 1. The highest BCUT2D eigenvalue weighted by atomic mass is 16.5. The minimum absolute atomic E-state index is 0.649. The molecule has 0 aliphatic carbocycles. The van der Waals surface area contributed by atoms with Gasteiger partial charge in [-0.2, -0.15) is 5.26 Å². The quantitative estimate of drug-likeness (QED) is 0.929. The van der Waals surface area contributed by atoms with Gasteiger partial charge in [-0.15, -0.1) is 0 Å². The van der Waals surface area contributed by atoms with Crippen LogP contribution in [0, 0.1) is 11.3 Å². The number of anilines is 1. The van der Waals surface area contributed by atoms with Gasteiger partial charge in [0.05, 0.1) is 12.2 Å². The van der Waals surface area contributed by atoms with Gasteiger partial charge in [0, 0.05) is 24.3 Å². The predicted molar refractivity (Wildman–Crippen MR) is 88.2 cm³/mol. The molecule has 114 valence electrons. The van der Waals surface area contributed by atoms with Crippen molar-refractivity contribution in [2.24, 2.45) is 0 Å². The number of nitriles is 1. The molecule has 0 unspecified atom stereocenters. The zero-order valence-corrected chi connectivity index (χ0v) is 12.9. The van der Waals surface area contributed by atoms with Crippen molar-refractivity contribution in [3.05, 3.63) is 35.9 Å². The van der Waals surface area contributed by atoms with Gasteiger partial charge in [0.15, 0.2) is 0 Å². The molecule has 1 saturated heterocycles. The molecule has 22 heavy (non-hydrogen) atoms. The molecule has 1 aliphatic rings. The first kappa shape index (κ1) is 14.5. The summed E-state index contributed by atoms with van der Waals surface area (Å²) in [5.41, 5.74) is 2.74. The smallest absolute Gasteiger partial charge is 0.124 e. The monoisotopic (exact) mass is 295 g/mol. The Balaban J connectivity index is 1.93. The van der Waals surface area contributed by atoms with Crippen LogP contribution in [0.1, 0.15) is 31.7 Å². The Bertz CT molecular complexity index is 678. The molecule has 1 aromatic heterocycles. The topological polar surface area (TPSA) is 52.0 Å². The van der Waals surface area contributed by atoms with Crippen LogP contribution in [0.25, 0.3) is 11.3 Å². The number of piperidine rings is 1. The lowest BCUT2D eigenvalue weighted by molar-refractivity contribution is 0.340. The highest BCUT2D eigenvalue weighted by Crippen LogP contribution is 2.30. The van der Waals surface area contributed by atoms with Gasteiger partial charge < -0.3 is 14.6 Å². The van der Waals surface area contributed by atoms with Crippen LogP contribution in [0.15, 0.2) is 30.3 Å². The Kier molecular flexibility index (Phi) is 4.34. The van der Waals surface area contributed by atoms with E-state index in [2.05, 4.69) is 16.0 Å². The first-order chi connectivity index (χ1) is 10.8. The van der Waals surface area contributed by atoms with Gasteiger partial charge in [0.25, 0.3) is 0 Å². The summed E-state index contributed by atoms with van der Waals surface area (Å²) in [6.07, 6.45) is 3.67. The second-order valence-electron chi connectivity index (χ2n) is 5.57. The summed E-state index contributed by atoms with van der Waals surface area (Å²) in [4.78, 5) is 5.73. The van der Waals surface area contributed by atoms with Crippen molar-refractivity contribution in [1.82, 2.24) is 4.98 Å². The number of hydrogen-bond acceptors (Lipinski definition) is 3. The van der Waals surface area contributed by atoms with Crippen LogP contribution in [-0.2, 0) is 0 Å². The standard InChI is InChI=1S/C18H21N3O/c1-2-22-16-8-6-7-14(11-16)17-12-15(13-19)18(20-17)21-9-4-3-5-10-21/h6-8,11-12,20H,2-5,9-10H2,1H3. The van der Waals surface area contributed by atoms with Crippen molar-refractivity contribution < 1.29 is 4.74 Å². The summed E-state index contributed by atoms with van der Waals surface area (Å²) in [6.45, 7) is 4.67. The normalized spacial score (nSPS) is 14.6. The molecule has 2 aromatic rings. The van der Waals surface area contributed by atoms with Crippen molar-refractivity contribution in [2.45, 2.75) is 26.2 Å². The van der Waals surface area contributed by atoms with E-state index in [0.717, 1.165) is 41.5 Å². The molecular formula is C18H21N3O. The summed E-state index contributed by atoms with van der Waals surface area (Å²) in [6, 6.07) is 12.2. The highest BCUT2D eigenvalue weighted by Gasteiger charge is 2.18. The maximum atomic E-state index is 9.43. The minimum atomic E-state index is 0.649. The largest absolute Gasteiger partial charge is 0.494 e. The number of ether oxygens (including phenoxy) is 1. The molecule has 1 fully saturated rings. The zero-order valence-electron chi connectivity index (χ0n) is 12.9. The lowest BCUT2D eigenvalue weighted by Crippen LogP contribution is -2.30. The van der Waals surface area contributed by atoms with E-state index in [0.29, 0.717) is 6.61 Å². The molecule has 1 N–H and O–H groups in total. The Morgan fingerprint density at radius 3 is 2.77 bits per heavy atom. The van der Waals surface area contributed by atoms with Crippen molar-refractivity contribution in [1.29, 1.82) is 5.26 Å². The number of rotatable bonds is 4. The number of hydrogen-bond donors (Lipinski definition) is 1. The lowest BCUT2D eigenvalue weighted by atomic mass is 10.1. The Labute approximate surface area is 131 Å². The summed E-state index contributed by atoms with van der Waals surface area (Å²) < 4.78 is 5.56. The SMILES string of the molecule is CCOc1cccc(-c2cc(C#N)c(N3CCCCC3)[nH]2)c1. The lowest BCUT2D eigenvalue weighted by Gasteiger charge is -2.27. The van der Waals surface area contributed by atoms with E-state index < -0.39 is 0 Å². The maximum absolute atomic E-state index is 9.43. The third-order valence-electron chi connectivity index (χ3n) is 4.05. The van der Waals surface area contributed by atoms with Gasteiger partial charge in [-0.3, -0.25) is 0 Å². The van der Waals surface area contributed by atoms with E-state index in [-0.39, 0.29) is 0 Å². The molecule has 0 amide bonds. The summed E-state index contributed by atoms with van der Waals surface area (Å²) in [5.74, 6) is 1.81. The molecule has 0 radical (unpaired) electrons. The van der Waals surface area contributed by atoms with Crippen molar-refractivity contribution >= 4 is 5.82 Å². The molecule has 3 rings (SSSR count). The maximum Gasteiger partial charge on any atom is 0.124 e. The van der Waals surface area contributed by atoms with Crippen LogP contribution < -0.4 is 9.64 Å². The number of H-pyrrole nitrogens is 1. The van der Waals surface area contributed by atoms with Crippen LogP contribution in [0.4, 0.5) is 5.82 Å². The molecule has 0 spiro atoms. The van der Waals surface area contributed by atoms with E-state index in [1.54, 1.807) is 0 Å². The molecule has 4 nitrogen and oxygen atoms in total. The molecule has 2 heterocycles. The number of nitrogens with one attached hydrogen (secondary N) is 1. The minimum Gasteiger partial charge on any atom is -0.494 e. The van der Waals surface area contributed by atoms with Gasteiger partial charge in [-0.25, -0.2) is 0 Å². The average Bonchev–Trinajstić information content (AvgIpc) is 3.01. The Morgan fingerprint density at radius 1 is 1.23 bits per heavy atom. The Morgan fingerprint density at radius 2 is 2.05 bits per heavy atom. The molecule has 4 heteroatoms. The van der Waals surface area contributed by atoms with Crippen molar-refractivity contribution in [3.63, 3.8) is 0 Å². The third-order valence-corrected chi connectivity index (χ3v) is 4.05. The van der Waals surface area contributed by atoms with Gasteiger partial charge in [-0.05, 0) is 44.4 Å². The van der Waals surface area contributed by atoms with Gasteiger partial charge in [0.2, 0.25) is 0 Å². The van der Waals surface area contributed by atoms with E-state index >= 15 is 0 Å². The van der Waals surface area contributed by atoms with Gasteiger partial charge >= 0.3 is 0 Å². The Hall–Kier alpha value is -2.41. The number of benzene rings is 1. The second kappa shape index (κ2) is 6.57. The van der Waals surface area contributed by atoms with Crippen LogP contribution in [0.3, 0.4) is 0 Å². The highest BCUT2D eigenvalue weighted by molar-refractivity contribution is 5.70. The van der Waals surface area contributed by atoms with E-state index in [9.17, 15) is 5.26 Å². The van der Waals surface area contributed by atoms with E-state index in [4.69, 9.17) is 4.74 Å². The van der Waals surface area contributed by atoms with Crippen molar-refractivity contribution in [3.8, 4) is 23.1 Å². The fourth-order valence-corrected chi connectivity index (χ4v) is 2.97.